The van der Waals surface area contributed by atoms with Crippen molar-refractivity contribution in [2.45, 2.75) is 6.04 Å². The Hall–Kier alpha value is -2.33. The molecule has 4 nitrogen and oxygen atoms in total. The van der Waals surface area contributed by atoms with Gasteiger partial charge >= 0.3 is 0 Å². The van der Waals surface area contributed by atoms with Crippen LogP contribution < -0.4 is 5.32 Å². The molecule has 1 aromatic carbocycles. The summed E-state index contributed by atoms with van der Waals surface area (Å²) < 4.78 is 1.99. The van der Waals surface area contributed by atoms with Crippen molar-refractivity contribution in [2.24, 2.45) is 7.05 Å². The van der Waals surface area contributed by atoms with Crippen LogP contribution in [-0.4, -0.2) is 14.5 Å². The summed E-state index contributed by atoms with van der Waals surface area (Å²) in [6.07, 6.45) is 7.26. The highest BCUT2D eigenvalue weighted by molar-refractivity contribution is 6.30. The number of imidazole rings is 1. The average Bonchev–Trinajstić information content (AvgIpc) is 2.92. The predicted molar refractivity (Wildman–Crippen MR) is 84.4 cm³/mol. The Labute approximate surface area is 128 Å². The Morgan fingerprint density at radius 2 is 2.10 bits per heavy atom. The zero-order chi connectivity index (χ0) is 14.7. The van der Waals surface area contributed by atoms with Gasteiger partial charge in [-0.3, -0.25) is 4.98 Å². The van der Waals surface area contributed by atoms with E-state index in [4.69, 9.17) is 11.6 Å². The maximum absolute atomic E-state index is 6.13. The maximum atomic E-state index is 6.13. The Kier molecular flexibility index (Phi) is 3.88. The molecule has 2 heterocycles. The van der Waals surface area contributed by atoms with Crippen LogP contribution in [0, 0.1) is 0 Å². The second-order valence-corrected chi connectivity index (χ2v) is 5.21. The molecule has 5 heteroatoms. The quantitative estimate of drug-likeness (QED) is 0.799. The van der Waals surface area contributed by atoms with E-state index >= 15 is 0 Å². The predicted octanol–water partition coefficient (Wildman–Crippen LogP) is 3.67. The molecule has 0 bridgehead atoms. The molecule has 0 spiro atoms. The smallest absolute Gasteiger partial charge is 0.135 e. The number of halogens is 1. The molecular weight excluding hydrogens is 284 g/mol. The molecule has 21 heavy (non-hydrogen) atoms. The fraction of sp³-hybridized carbons (Fsp3) is 0.125. The highest BCUT2D eigenvalue weighted by atomic mass is 35.5. The van der Waals surface area contributed by atoms with Crippen LogP contribution in [0.5, 0.6) is 0 Å². The number of hydrogen-bond acceptors (Lipinski definition) is 3. The van der Waals surface area contributed by atoms with E-state index in [-0.39, 0.29) is 6.04 Å². The third-order valence-electron chi connectivity index (χ3n) is 3.27. The van der Waals surface area contributed by atoms with Crippen LogP contribution >= 0.6 is 11.6 Å². The second kappa shape index (κ2) is 5.97. The number of rotatable bonds is 4. The Balaban J connectivity index is 2.01. The lowest BCUT2D eigenvalue weighted by molar-refractivity contribution is 0.748. The molecule has 0 saturated heterocycles. The first-order valence-corrected chi connectivity index (χ1v) is 7.01. The second-order valence-electron chi connectivity index (χ2n) is 4.77. The SMILES string of the molecule is Cn1ccnc1C(Nc1cccnc1)c1cccc(Cl)c1. The molecule has 0 radical (unpaired) electrons. The first kappa shape index (κ1) is 13.6. The van der Waals surface area contributed by atoms with Gasteiger partial charge in [-0.05, 0) is 29.8 Å². The molecule has 1 atom stereocenters. The molecule has 3 rings (SSSR count). The molecule has 3 aromatic rings. The van der Waals surface area contributed by atoms with Gasteiger partial charge in [0, 0.05) is 36.9 Å². The van der Waals surface area contributed by atoms with Crippen LogP contribution in [0.3, 0.4) is 0 Å². The van der Waals surface area contributed by atoms with Crippen molar-refractivity contribution < 1.29 is 0 Å². The first-order chi connectivity index (χ1) is 10.2. The minimum Gasteiger partial charge on any atom is -0.370 e. The number of hydrogen-bond donors (Lipinski definition) is 1. The van der Waals surface area contributed by atoms with Crippen LogP contribution in [0.15, 0.2) is 61.2 Å². The Morgan fingerprint density at radius 3 is 2.76 bits per heavy atom. The van der Waals surface area contributed by atoms with Crippen LogP contribution in [0.4, 0.5) is 5.69 Å². The fourth-order valence-electron chi connectivity index (χ4n) is 2.25. The molecule has 1 N–H and O–H groups in total. The largest absolute Gasteiger partial charge is 0.370 e. The van der Waals surface area contributed by atoms with Crippen molar-refractivity contribution >= 4 is 17.3 Å². The summed E-state index contributed by atoms with van der Waals surface area (Å²) in [6.45, 7) is 0. The summed E-state index contributed by atoms with van der Waals surface area (Å²) in [5.74, 6) is 0.918. The molecule has 0 saturated carbocycles. The van der Waals surface area contributed by atoms with Gasteiger partial charge in [0.2, 0.25) is 0 Å². The van der Waals surface area contributed by atoms with Gasteiger partial charge in [-0.2, -0.15) is 0 Å². The lowest BCUT2D eigenvalue weighted by Crippen LogP contribution is -2.16. The number of anilines is 1. The van der Waals surface area contributed by atoms with Gasteiger partial charge in [-0.25, -0.2) is 4.98 Å². The van der Waals surface area contributed by atoms with E-state index in [1.807, 2.05) is 54.2 Å². The van der Waals surface area contributed by atoms with Crippen molar-refractivity contribution in [3.8, 4) is 0 Å². The number of pyridine rings is 1. The van der Waals surface area contributed by atoms with E-state index in [0.717, 1.165) is 17.1 Å². The lowest BCUT2D eigenvalue weighted by atomic mass is 10.1. The summed E-state index contributed by atoms with van der Waals surface area (Å²) >= 11 is 6.13. The molecule has 106 valence electrons. The van der Waals surface area contributed by atoms with Crippen LogP contribution in [0.1, 0.15) is 17.4 Å². The molecule has 0 aliphatic carbocycles. The van der Waals surface area contributed by atoms with Gasteiger partial charge in [0.15, 0.2) is 0 Å². The third kappa shape index (κ3) is 3.06. The molecule has 0 aliphatic rings. The van der Waals surface area contributed by atoms with E-state index in [1.165, 1.54) is 0 Å². The van der Waals surface area contributed by atoms with Crippen molar-refractivity contribution in [1.82, 2.24) is 14.5 Å². The van der Waals surface area contributed by atoms with Crippen molar-refractivity contribution in [3.05, 3.63) is 77.6 Å². The van der Waals surface area contributed by atoms with Crippen LogP contribution in [-0.2, 0) is 7.05 Å². The highest BCUT2D eigenvalue weighted by Crippen LogP contribution is 2.26. The topological polar surface area (TPSA) is 42.7 Å². The summed E-state index contributed by atoms with van der Waals surface area (Å²) in [4.78, 5) is 8.59. The molecule has 2 aromatic heterocycles. The van der Waals surface area contributed by atoms with E-state index in [9.17, 15) is 0 Å². The normalized spacial score (nSPS) is 12.1. The van der Waals surface area contributed by atoms with Gasteiger partial charge in [0.05, 0.1) is 5.69 Å². The summed E-state index contributed by atoms with van der Waals surface area (Å²) in [6, 6.07) is 11.6. The summed E-state index contributed by atoms with van der Waals surface area (Å²) in [7, 11) is 1.98. The highest BCUT2D eigenvalue weighted by Gasteiger charge is 2.18. The van der Waals surface area contributed by atoms with Crippen LogP contribution in [0.25, 0.3) is 0 Å². The lowest BCUT2D eigenvalue weighted by Gasteiger charge is -2.20. The zero-order valence-corrected chi connectivity index (χ0v) is 12.3. The first-order valence-electron chi connectivity index (χ1n) is 6.63. The maximum Gasteiger partial charge on any atom is 0.135 e. The fourth-order valence-corrected chi connectivity index (χ4v) is 2.45. The average molecular weight is 299 g/mol. The Morgan fingerprint density at radius 1 is 1.19 bits per heavy atom. The van der Waals surface area contributed by atoms with Gasteiger partial charge in [0.25, 0.3) is 0 Å². The number of aryl methyl sites for hydroxylation is 1. The van der Waals surface area contributed by atoms with Gasteiger partial charge in [-0.1, -0.05) is 23.7 Å². The standard InChI is InChI=1S/C16H15ClN4/c1-21-9-8-19-16(21)15(12-4-2-5-13(17)10-12)20-14-6-3-7-18-11-14/h2-11,15,20H,1H3. The molecule has 0 aliphatic heterocycles. The minimum atomic E-state index is -0.0899. The number of nitrogens with one attached hydrogen (secondary N) is 1. The molecule has 0 amide bonds. The molecular formula is C16H15ClN4. The monoisotopic (exact) mass is 298 g/mol. The van der Waals surface area contributed by atoms with Crippen molar-refractivity contribution in [2.75, 3.05) is 5.32 Å². The summed E-state index contributed by atoms with van der Waals surface area (Å²) in [5, 5.41) is 4.17. The van der Waals surface area contributed by atoms with E-state index in [2.05, 4.69) is 15.3 Å². The van der Waals surface area contributed by atoms with Gasteiger partial charge in [0.1, 0.15) is 11.9 Å². The Bertz CT molecular complexity index is 724. The van der Waals surface area contributed by atoms with E-state index in [1.54, 1.807) is 18.6 Å². The third-order valence-corrected chi connectivity index (χ3v) is 3.51. The van der Waals surface area contributed by atoms with Gasteiger partial charge in [-0.15, -0.1) is 0 Å². The van der Waals surface area contributed by atoms with Crippen molar-refractivity contribution in [1.29, 1.82) is 0 Å². The number of nitrogens with zero attached hydrogens (tertiary/aromatic N) is 3. The molecule has 0 fully saturated rings. The van der Waals surface area contributed by atoms with Gasteiger partial charge < -0.3 is 9.88 Å². The number of aromatic nitrogens is 3. The van der Waals surface area contributed by atoms with Crippen LogP contribution in [0.2, 0.25) is 5.02 Å². The zero-order valence-electron chi connectivity index (χ0n) is 11.6. The number of benzene rings is 1. The summed E-state index contributed by atoms with van der Waals surface area (Å²) in [5.41, 5.74) is 1.99. The minimum absolute atomic E-state index is 0.0899. The van der Waals surface area contributed by atoms with Crippen molar-refractivity contribution in [3.63, 3.8) is 0 Å². The molecule has 1 unspecified atom stereocenters. The van der Waals surface area contributed by atoms with E-state index in [0.29, 0.717) is 5.02 Å². The van der Waals surface area contributed by atoms with E-state index < -0.39 is 0 Å².